The van der Waals surface area contributed by atoms with E-state index in [1.807, 2.05) is 61.5 Å². The zero-order valence-corrected chi connectivity index (χ0v) is 26.9. The molecule has 234 valence electrons. The molecule has 4 aromatic rings. The molecule has 2 heterocycles. The summed E-state index contributed by atoms with van der Waals surface area (Å²) in [5.41, 5.74) is 6.95. The van der Waals surface area contributed by atoms with Gasteiger partial charge in [0.1, 0.15) is 11.6 Å². The topological polar surface area (TPSA) is 88.1 Å². The van der Waals surface area contributed by atoms with Crippen LogP contribution in [-0.2, 0) is 23.1 Å². The number of urea groups is 1. The molecule has 1 fully saturated rings. The molecule has 1 aromatic heterocycles. The quantitative estimate of drug-likeness (QED) is 0.203. The first-order valence-electron chi connectivity index (χ1n) is 16.3. The number of ketones is 1. The number of nitrogens with zero attached hydrogens (tertiary/aromatic N) is 2. The van der Waals surface area contributed by atoms with Crippen LogP contribution in [0.25, 0.3) is 5.69 Å². The Balaban J connectivity index is 1.28. The maximum absolute atomic E-state index is 14.5. The van der Waals surface area contributed by atoms with E-state index in [1.54, 1.807) is 4.68 Å². The number of aromatic nitrogens is 2. The van der Waals surface area contributed by atoms with E-state index < -0.39 is 0 Å². The molecule has 2 unspecified atom stereocenters. The molecule has 3 aromatic carbocycles. The van der Waals surface area contributed by atoms with Gasteiger partial charge in [-0.2, -0.15) is 5.10 Å². The second kappa shape index (κ2) is 13.0. The van der Waals surface area contributed by atoms with E-state index in [1.165, 1.54) is 11.1 Å². The van der Waals surface area contributed by atoms with E-state index in [4.69, 9.17) is 5.10 Å². The van der Waals surface area contributed by atoms with Crippen molar-refractivity contribution in [3.05, 3.63) is 107 Å². The van der Waals surface area contributed by atoms with Gasteiger partial charge in [0.2, 0.25) is 0 Å². The molecule has 7 nitrogen and oxygen atoms in total. The standard InChI is InChI=1S/C38H45N5O2/c1-25-13-17-30(18-14-25)43-34(24-33(42-43)38(2,3)4)41-37(45)40-32-12-8-7-11-31(32)35(27-19-21-39-22-20-27)36(44)29-16-15-26-9-5-6-10-28(26)23-29/h5-14,17-18,24,27,29,35,39H,15-16,19-23H2,1-4H3,(H2,40,41,45). The lowest BCUT2D eigenvalue weighted by Crippen LogP contribution is -2.37. The second-order valence-corrected chi connectivity index (χ2v) is 13.8. The summed E-state index contributed by atoms with van der Waals surface area (Å²) in [6.45, 7) is 10.2. The Hall–Kier alpha value is -4.23. The molecule has 0 bridgehead atoms. The zero-order chi connectivity index (χ0) is 31.6. The predicted octanol–water partition coefficient (Wildman–Crippen LogP) is 7.58. The highest BCUT2D eigenvalue weighted by atomic mass is 16.2. The maximum Gasteiger partial charge on any atom is 0.324 e. The van der Waals surface area contributed by atoms with E-state index in [9.17, 15) is 9.59 Å². The molecule has 1 aliphatic carbocycles. The first-order chi connectivity index (χ1) is 21.7. The van der Waals surface area contributed by atoms with Gasteiger partial charge in [0.15, 0.2) is 0 Å². The third-order valence-corrected chi connectivity index (χ3v) is 9.45. The molecule has 2 amide bonds. The van der Waals surface area contributed by atoms with Crippen LogP contribution in [0.1, 0.15) is 73.9 Å². The first kappa shape index (κ1) is 30.8. The minimum atomic E-state index is -0.362. The van der Waals surface area contributed by atoms with Crippen molar-refractivity contribution in [1.82, 2.24) is 15.1 Å². The molecule has 45 heavy (non-hydrogen) atoms. The molecule has 1 saturated heterocycles. The number of nitrogens with one attached hydrogen (secondary N) is 3. The van der Waals surface area contributed by atoms with Crippen LogP contribution in [-0.4, -0.2) is 34.7 Å². The number of carbonyl (C=O) groups excluding carboxylic acids is 2. The molecule has 0 saturated carbocycles. The Morgan fingerprint density at radius 1 is 0.889 bits per heavy atom. The van der Waals surface area contributed by atoms with Crippen molar-refractivity contribution in [3.8, 4) is 5.69 Å². The Labute approximate surface area is 266 Å². The van der Waals surface area contributed by atoms with Crippen LogP contribution in [0, 0.1) is 18.8 Å². The lowest BCUT2D eigenvalue weighted by Gasteiger charge is -2.35. The molecule has 2 aliphatic rings. The van der Waals surface area contributed by atoms with Crippen molar-refractivity contribution in [3.63, 3.8) is 0 Å². The normalized spacial score (nSPS) is 17.7. The number of carbonyl (C=O) groups is 2. The van der Waals surface area contributed by atoms with Crippen molar-refractivity contribution in [1.29, 1.82) is 0 Å². The van der Waals surface area contributed by atoms with Crippen LogP contribution >= 0.6 is 0 Å². The molecule has 2 atom stereocenters. The number of amides is 2. The van der Waals surface area contributed by atoms with Gasteiger partial charge in [-0.25, -0.2) is 9.48 Å². The van der Waals surface area contributed by atoms with Gasteiger partial charge in [0.05, 0.1) is 11.4 Å². The van der Waals surface area contributed by atoms with E-state index >= 15 is 0 Å². The average Bonchev–Trinajstić information content (AvgIpc) is 3.47. The van der Waals surface area contributed by atoms with Gasteiger partial charge in [0.25, 0.3) is 0 Å². The van der Waals surface area contributed by atoms with Gasteiger partial charge >= 0.3 is 6.03 Å². The molecule has 7 heteroatoms. The van der Waals surface area contributed by atoms with E-state index in [2.05, 4.69) is 61.0 Å². The number of para-hydroxylation sites is 1. The summed E-state index contributed by atoms with van der Waals surface area (Å²) < 4.78 is 1.79. The zero-order valence-electron chi connectivity index (χ0n) is 26.9. The molecule has 3 N–H and O–H groups in total. The first-order valence-corrected chi connectivity index (χ1v) is 16.3. The SMILES string of the molecule is Cc1ccc(-n2nc(C(C)(C)C)cc2NC(=O)Nc2ccccc2C(C(=O)C2CCc3ccccc3C2)C2CCNCC2)cc1. The predicted molar refractivity (Wildman–Crippen MR) is 181 cm³/mol. The summed E-state index contributed by atoms with van der Waals surface area (Å²) >= 11 is 0. The molecule has 0 spiro atoms. The summed E-state index contributed by atoms with van der Waals surface area (Å²) in [5, 5.41) is 14.5. The van der Waals surface area contributed by atoms with E-state index in [0.29, 0.717) is 17.3 Å². The van der Waals surface area contributed by atoms with Crippen molar-refractivity contribution >= 4 is 23.3 Å². The largest absolute Gasteiger partial charge is 0.324 e. The summed E-state index contributed by atoms with van der Waals surface area (Å²) in [4.78, 5) is 28.2. The number of aryl methyl sites for hydroxylation is 2. The number of anilines is 2. The number of Topliss-reactive ketones (excluding diaryl/α,β-unsaturated/α-hetero) is 1. The molecular formula is C38H45N5O2. The van der Waals surface area contributed by atoms with E-state index in [-0.39, 0.29) is 29.2 Å². The monoisotopic (exact) mass is 603 g/mol. The Kier molecular flexibility index (Phi) is 8.90. The Bertz CT molecular complexity index is 1660. The summed E-state index contributed by atoms with van der Waals surface area (Å²) in [6, 6.07) is 26.0. The number of hydrogen-bond acceptors (Lipinski definition) is 4. The molecule has 0 radical (unpaired) electrons. The summed E-state index contributed by atoms with van der Waals surface area (Å²) in [6.07, 6.45) is 4.45. The molecule has 1 aliphatic heterocycles. The Morgan fingerprint density at radius 2 is 1.58 bits per heavy atom. The maximum atomic E-state index is 14.5. The summed E-state index contributed by atoms with van der Waals surface area (Å²) in [5.74, 6) is 0.814. The highest BCUT2D eigenvalue weighted by Crippen LogP contribution is 2.40. The fourth-order valence-electron chi connectivity index (χ4n) is 6.88. The minimum Gasteiger partial charge on any atom is -0.317 e. The van der Waals surface area contributed by atoms with Gasteiger partial charge < -0.3 is 10.6 Å². The average molecular weight is 604 g/mol. The number of rotatable bonds is 7. The van der Waals surface area contributed by atoms with Crippen LogP contribution in [0.4, 0.5) is 16.3 Å². The molecular weight excluding hydrogens is 558 g/mol. The lowest BCUT2D eigenvalue weighted by molar-refractivity contribution is -0.126. The van der Waals surface area contributed by atoms with Crippen LogP contribution in [0.15, 0.2) is 78.9 Å². The summed E-state index contributed by atoms with van der Waals surface area (Å²) in [7, 11) is 0. The lowest BCUT2D eigenvalue weighted by atomic mass is 9.70. The number of fused-ring (bicyclic) bond motifs is 1. The van der Waals surface area contributed by atoms with Gasteiger partial charge in [-0.3, -0.25) is 10.1 Å². The number of piperidine rings is 1. The van der Waals surface area contributed by atoms with Crippen LogP contribution < -0.4 is 16.0 Å². The number of benzene rings is 3. The van der Waals surface area contributed by atoms with Crippen LogP contribution in [0.3, 0.4) is 0 Å². The van der Waals surface area contributed by atoms with Crippen molar-refractivity contribution in [2.75, 3.05) is 23.7 Å². The smallest absolute Gasteiger partial charge is 0.317 e. The highest BCUT2D eigenvalue weighted by Gasteiger charge is 2.37. The van der Waals surface area contributed by atoms with Crippen LogP contribution in [0.2, 0.25) is 0 Å². The van der Waals surface area contributed by atoms with Crippen molar-refractivity contribution in [2.45, 2.75) is 71.1 Å². The molecule has 6 rings (SSSR count). The van der Waals surface area contributed by atoms with Gasteiger partial charge in [-0.05, 0) is 92.9 Å². The minimum absolute atomic E-state index is 0.0265. The van der Waals surface area contributed by atoms with Gasteiger partial charge in [-0.15, -0.1) is 0 Å². The van der Waals surface area contributed by atoms with Crippen molar-refractivity contribution < 1.29 is 9.59 Å². The van der Waals surface area contributed by atoms with Gasteiger partial charge in [0, 0.05) is 29.0 Å². The van der Waals surface area contributed by atoms with Gasteiger partial charge in [-0.1, -0.05) is 80.9 Å². The number of hydrogen-bond donors (Lipinski definition) is 3. The fourth-order valence-corrected chi connectivity index (χ4v) is 6.88. The second-order valence-electron chi connectivity index (χ2n) is 13.8. The van der Waals surface area contributed by atoms with E-state index in [0.717, 1.165) is 67.7 Å². The Morgan fingerprint density at radius 3 is 2.31 bits per heavy atom. The van der Waals surface area contributed by atoms with Crippen molar-refractivity contribution in [2.24, 2.45) is 11.8 Å². The third kappa shape index (κ3) is 6.89. The fraction of sp³-hybridized carbons (Fsp3) is 0.395. The highest BCUT2D eigenvalue weighted by molar-refractivity contribution is 6.01. The van der Waals surface area contributed by atoms with Crippen LogP contribution in [0.5, 0.6) is 0 Å². The third-order valence-electron chi connectivity index (χ3n) is 9.45.